The van der Waals surface area contributed by atoms with E-state index in [0.29, 0.717) is 24.3 Å². The van der Waals surface area contributed by atoms with E-state index in [1.807, 2.05) is 52.0 Å². The van der Waals surface area contributed by atoms with E-state index in [9.17, 15) is 9.59 Å². The highest BCUT2D eigenvalue weighted by molar-refractivity contribution is 6.11. The Morgan fingerprint density at radius 1 is 1.21 bits per heavy atom. The molecule has 5 nitrogen and oxygen atoms in total. The van der Waals surface area contributed by atoms with Crippen LogP contribution in [0.5, 0.6) is 5.75 Å². The summed E-state index contributed by atoms with van der Waals surface area (Å²) in [5, 5.41) is 0. The van der Waals surface area contributed by atoms with E-state index in [2.05, 4.69) is 4.99 Å². The van der Waals surface area contributed by atoms with E-state index in [-0.39, 0.29) is 11.9 Å². The molecular formula is C23H29NO4. The van der Waals surface area contributed by atoms with Crippen LogP contribution in [0.4, 0.5) is 0 Å². The number of benzene rings is 1. The van der Waals surface area contributed by atoms with Crippen LogP contribution < -0.4 is 4.74 Å². The summed E-state index contributed by atoms with van der Waals surface area (Å²) in [6, 6.07) is 7.70. The number of allylic oxidation sites excluding steroid dienone is 1. The SMILES string of the molecule is CCCOc1ccccc1C1C(C(=O)OC(C)C)=C(C)N=C2CCCC(=O)C21. The fourth-order valence-electron chi connectivity index (χ4n) is 4.08. The molecule has 28 heavy (non-hydrogen) atoms. The number of nitrogens with zero attached hydrogens (tertiary/aromatic N) is 1. The van der Waals surface area contributed by atoms with E-state index in [4.69, 9.17) is 9.47 Å². The van der Waals surface area contributed by atoms with Crippen LogP contribution in [0.2, 0.25) is 0 Å². The van der Waals surface area contributed by atoms with Crippen LogP contribution in [0.3, 0.4) is 0 Å². The van der Waals surface area contributed by atoms with E-state index in [0.717, 1.165) is 36.3 Å². The number of rotatable bonds is 6. The number of hydrogen-bond acceptors (Lipinski definition) is 5. The van der Waals surface area contributed by atoms with Crippen LogP contribution in [-0.2, 0) is 14.3 Å². The molecule has 1 aliphatic carbocycles. The van der Waals surface area contributed by atoms with Gasteiger partial charge in [0.05, 0.1) is 24.2 Å². The zero-order chi connectivity index (χ0) is 20.3. The molecule has 1 heterocycles. The zero-order valence-electron chi connectivity index (χ0n) is 17.2. The van der Waals surface area contributed by atoms with Gasteiger partial charge in [-0.3, -0.25) is 9.79 Å². The molecule has 5 heteroatoms. The molecule has 2 unspecified atom stereocenters. The maximum absolute atomic E-state index is 13.0. The standard InChI is InChI=1S/C23H29NO4/c1-5-13-27-19-12-7-6-9-16(19)21-20(23(26)28-14(2)3)15(4)24-17-10-8-11-18(25)22(17)21/h6-7,9,12,14,21-22H,5,8,10-11,13H2,1-4H3. The Labute approximate surface area is 166 Å². The molecule has 0 spiro atoms. The van der Waals surface area contributed by atoms with Crippen molar-refractivity contribution in [2.24, 2.45) is 10.9 Å². The number of ether oxygens (including phenoxy) is 2. The average Bonchev–Trinajstić information content (AvgIpc) is 2.65. The van der Waals surface area contributed by atoms with Crippen molar-refractivity contribution in [3.8, 4) is 5.75 Å². The lowest BCUT2D eigenvalue weighted by molar-refractivity contribution is -0.143. The Morgan fingerprint density at radius 3 is 2.68 bits per heavy atom. The minimum absolute atomic E-state index is 0.141. The second-order valence-electron chi connectivity index (χ2n) is 7.72. The summed E-state index contributed by atoms with van der Waals surface area (Å²) in [5.41, 5.74) is 2.86. The van der Waals surface area contributed by atoms with Gasteiger partial charge in [-0.15, -0.1) is 0 Å². The van der Waals surface area contributed by atoms with E-state index < -0.39 is 17.8 Å². The highest BCUT2D eigenvalue weighted by Crippen LogP contribution is 2.45. The van der Waals surface area contributed by atoms with E-state index in [1.165, 1.54) is 0 Å². The zero-order valence-corrected chi connectivity index (χ0v) is 17.2. The fraction of sp³-hybridized carbons (Fsp3) is 0.522. The Morgan fingerprint density at radius 2 is 1.96 bits per heavy atom. The molecule has 2 atom stereocenters. The Balaban J connectivity index is 2.14. The quantitative estimate of drug-likeness (QED) is 0.673. The second kappa shape index (κ2) is 8.72. The molecule has 0 N–H and O–H groups in total. The lowest BCUT2D eigenvalue weighted by atomic mass is 9.69. The first kappa shape index (κ1) is 20.3. The number of esters is 1. The predicted molar refractivity (Wildman–Crippen MR) is 109 cm³/mol. The number of ketones is 1. The Bertz CT molecular complexity index is 822. The molecule has 0 amide bonds. The van der Waals surface area contributed by atoms with Crippen LogP contribution in [0.15, 0.2) is 40.5 Å². The molecule has 2 aliphatic rings. The lowest BCUT2D eigenvalue weighted by Crippen LogP contribution is -2.39. The smallest absolute Gasteiger partial charge is 0.336 e. The lowest BCUT2D eigenvalue weighted by Gasteiger charge is -2.36. The molecule has 1 aliphatic heterocycles. The molecule has 1 aromatic rings. The van der Waals surface area contributed by atoms with Gasteiger partial charge < -0.3 is 9.47 Å². The molecule has 3 rings (SSSR count). The molecule has 150 valence electrons. The molecule has 1 saturated carbocycles. The highest BCUT2D eigenvalue weighted by atomic mass is 16.5. The molecule has 1 fully saturated rings. The number of Topliss-reactive ketones (excluding diaryl/α,β-unsaturated/α-hetero) is 1. The first-order chi connectivity index (χ1) is 13.4. The van der Waals surface area contributed by atoms with Gasteiger partial charge in [-0.1, -0.05) is 25.1 Å². The maximum atomic E-state index is 13.0. The molecule has 0 saturated heterocycles. The van der Waals surface area contributed by atoms with Crippen LogP contribution in [0.1, 0.15) is 64.9 Å². The summed E-state index contributed by atoms with van der Waals surface area (Å²) in [6.07, 6.45) is 2.75. The van der Waals surface area contributed by atoms with Gasteiger partial charge in [0.15, 0.2) is 0 Å². The van der Waals surface area contributed by atoms with E-state index >= 15 is 0 Å². The molecule has 0 aromatic heterocycles. The third kappa shape index (κ3) is 4.03. The van der Waals surface area contributed by atoms with Gasteiger partial charge >= 0.3 is 5.97 Å². The molecular weight excluding hydrogens is 354 g/mol. The van der Waals surface area contributed by atoms with Gasteiger partial charge in [0, 0.05) is 29.3 Å². The first-order valence-electron chi connectivity index (χ1n) is 10.2. The Kier molecular flexibility index (Phi) is 6.32. The summed E-state index contributed by atoms with van der Waals surface area (Å²) >= 11 is 0. The van der Waals surface area contributed by atoms with Crippen molar-refractivity contribution in [3.63, 3.8) is 0 Å². The van der Waals surface area contributed by atoms with Crippen molar-refractivity contribution in [2.75, 3.05) is 6.61 Å². The van der Waals surface area contributed by atoms with E-state index in [1.54, 1.807) is 0 Å². The Hall–Kier alpha value is -2.43. The summed E-state index contributed by atoms with van der Waals surface area (Å²) in [7, 11) is 0. The van der Waals surface area contributed by atoms with Crippen molar-refractivity contribution in [3.05, 3.63) is 41.1 Å². The minimum Gasteiger partial charge on any atom is -0.493 e. The number of carbonyl (C=O) groups is 2. The monoisotopic (exact) mass is 383 g/mol. The summed E-state index contributed by atoms with van der Waals surface area (Å²) in [6.45, 7) is 8.11. The van der Waals surface area contributed by atoms with Crippen LogP contribution >= 0.6 is 0 Å². The van der Waals surface area contributed by atoms with Gasteiger partial charge in [-0.05, 0) is 46.1 Å². The maximum Gasteiger partial charge on any atom is 0.336 e. The number of carbonyl (C=O) groups excluding carboxylic acids is 2. The molecule has 0 radical (unpaired) electrons. The van der Waals surface area contributed by atoms with Crippen LogP contribution in [0.25, 0.3) is 0 Å². The molecule has 0 bridgehead atoms. The van der Waals surface area contributed by atoms with Gasteiger partial charge in [0.2, 0.25) is 0 Å². The van der Waals surface area contributed by atoms with Crippen molar-refractivity contribution in [1.29, 1.82) is 0 Å². The van der Waals surface area contributed by atoms with Crippen molar-refractivity contribution < 1.29 is 19.1 Å². The second-order valence-corrected chi connectivity index (χ2v) is 7.72. The third-order valence-corrected chi connectivity index (χ3v) is 5.19. The number of hydrogen-bond donors (Lipinski definition) is 0. The predicted octanol–water partition coefficient (Wildman–Crippen LogP) is 4.61. The third-order valence-electron chi connectivity index (χ3n) is 5.19. The van der Waals surface area contributed by atoms with Crippen LogP contribution in [0, 0.1) is 5.92 Å². The fourth-order valence-corrected chi connectivity index (χ4v) is 4.08. The van der Waals surface area contributed by atoms with Crippen LogP contribution in [-0.4, -0.2) is 30.2 Å². The van der Waals surface area contributed by atoms with Gasteiger partial charge in [0.25, 0.3) is 0 Å². The largest absolute Gasteiger partial charge is 0.493 e. The summed E-state index contributed by atoms with van der Waals surface area (Å²) in [4.78, 5) is 30.6. The van der Waals surface area contributed by atoms with Crippen molar-refractivity contribution in [1.82, 2.24) is 0 Å². The topological polar surface area (TPSA) is 65.0 Å². The van der Waals surface area contributed by atoms with Crippen molar-refractivity contribution >= 4 is 17.5 Å². The first-order valence-corrected chi connectivity index (χ1v) is 10.2. The average molecular weight is 383 g/mol. The highest BCUT2D eigenvalue weighted by Gasteiger charge is 2.44. The normalized spacial score (nSPS) is 22.0. The van der Waals surface area contributed by atoms with Crippen molar-refractivity contribution in [2.45, 2.75) is 65.4 Å². The minimum atomic E-state index is -0.418. The number of para-hydroxylation sites is 1. The molecule has 1 aromatic carbocycles. The number of aliphatic imine (C=N–C) groups is 1. The van der Waals surface area contributed by atoms with Gasteiger partial charge in [0.1, 0.15) is 11.5 Å². The van der Waals surface area contributed by atoms with Gasteiger partial charge in [-0.2, -0.15) is 0 Å². The van der Waals surface area contributed by atoms with Gasteiger partial charge in [-0.25, -0.2) is 4.79 Å². The summed E-state index contributed by atoms with van der Waals surface area (Å²) < 4.78 is 11.5. The summed E-state index contributed by atoms with van der Waals surface area (Å²) in [5.74, 6) is -0.374. The number of fused-ring (bicyclic) bond motifs is 1.